The molecule has 1 heterocycles. The predicted octanol–water partition coefficient (Wildman–Crippen LogP) is 1.62. The molecule has 3 atom stereocenters. The monoisotopic (exact) mass is 264 g/mol. The zero-order valence-electron chi connectivity index (χ0n) is 11.7. The van der Waals surface area contributed by atoms with E-state index in [4.69, 9.17) is 4.74 Å². The van der Waals surface area contributed by atoms with Crippen molar-refractivity contribution in [2.75, 3.05) is 6.61 Å². The number of carbonyl (C=O) groups is 2. The third kappa shape index (κ3) is 1.49. The van der Waals surface area contributed by atoms with Gasteiger partial charge < -0.3 is 9.84 Å². The van der Waals surface area contributed by atoms with E-state index in [0.717, 1.165) is 6.42 Å². The number of aliphatic hydroxyl groups is 1. The molecule has 1 N–H and O–H groups in total. The number of ketones is 1. The molecule has 4 nitrogen and oxygen atoms in total. The molecule has 1 aliphatic heterocycles. The minimum atomic E-state index is -0.419. The summed E-state index contributed by atoms with van der Waals surface area (Å²) in [6.07, 6.45) is 1.40. The fourth-order valence-corrected chi connectivity index (χ4v) is 4.34. The average Bonchev–Trinajstić information content (AvgIpc) is 2.73. The number of aliphatic hydroxyl groups excluding tert-OH is 1. The second-order valence-corrected chi connectivity index (χ2v) is 6.90. The molecule has 104 valence electrons. The fraction of sp³-hybridized carbons (Fsp3) is 0.733. The normalized spacial score (nSPS) is 40.8. The topological polar surface area (TPSA) is 63.6 Å². The molecule has 0 saturated heterocycles. The summed E-state index contributed by atoms with van der Waals surface area (Å²) in [7, 11) is 0. The predicted molar refractivity (Wildman–Crippen MR) is 68.2 cm³/mol. The molecule has 3 rings (SSSR count). The van der Waals surface area contributed by atoms with Gasteiger partial charge in [-0.2, -0.15) is 0 Å². The highest BCUT2D eigenvalue weighted by atomic mass is 16.5. The first kappa shape index (κ1) is 12.9. The summed E-state index contributed by atoms with van der Waals surface area (Å²) in [4.78, 5) is 24.3. The van der Waals surface area contributed by atoms with E-state index < -0.39 is 6.10 Å². The number of Topliss-reactive ketones (excluding diaryl/α,β-unsaturated/α-hetero) is 1. The summed E-state index contributed by atoms with van der Waals surface area (Å²) in [6, 6.07) is 0. The molecule has 0 aromatic heterocycles. The summed E-state index contributed by atoms with van der Waals surface area (Å²) in [5, 5.41) is 10.2. The van der Waals surface area contributed by atoms with Crippen LogP contribution in [0.4, 0.5) is 0 Å². The molecule has 1 saturated carbocycles. The SMILES string of the molecule is CC12CCC(O)C(C)(C)C1CC(=O)C1=C2C(=O)OC1. The molecule has 0 aromatic rings. The van der Waals surface area contributed by atoms with Crippen molar-refractivity contribution in [2.24, 2.45) is 16.7 Å². The van der Waals surface area contributed by atoms with Crippen molar-refractivity contribution in [2.45, 2.75) is 46.1 Å². The molecule has 0 radical (unpaired) electrons. The number of hydrogen-bond acceptors (Lipinski definition) is 4. The van der Waals surface area contributed by atoms with Crippen molar-refractivity contribution in [1.82, 2.24) is 0 Å². The molecule has 0 bridgehead atoms. The van der Waals surface area contributed by atoms with Gasteiger partial charge in [-0.15, -0.1) is 0 Å². The Bertz CT molecular complexity index is 502. The quantitative estimate of drug-likeness (QED) is 0.675. The van der Waals surface area contributed by atoms with Gasteiger partial charge in [-0.1, -0.05) is 20.8 Å². The van der Waals surface area contributed by atoms with E-state index in [1.54, 1.807) is 0 Å². The first-order valence-corrected chi connectivity index (χ1v) is 6.90. The minimum absolute atomic E-state index is 0.000602. The Balaban J connectivity index is 2.15. The second kappa shape index (κ2) is 3.69. The van der Waals surface area contributed by atoms with Crippen LogP contribution in [0.5, 0.6) is 0 Å². The lowest BCUT2D eigenvalue weighted by molar-refractivity contribution is -0.141. The van der Waals surface area contributed by atoms with Gasteiger partial charge in [-0.3, -0.25) is 4.79 Å². The van der Waals surface area contributed by atoms with Crippen molar-refractivity contribution in [3.8, 4) is 0 Å². The number of fused-ring (bicyclic) bond motifs is 2. The molecule has 4 heteroatoms. The fourth-order valence-electron chi connectivity index (χ4n) is 4.34. The maximum Gasteiger partial charge on any atom is 0.335 e. The number of carbonyl (C=O) groups excluding carboxylic acids is 2. The first-order valence-electron chi connectivity index (χ1n) is 6.90. The molecular formula is C15H20O4. The number of esters is 1. The second-order valence-electron chi connectivity index (χ2n) is 6.90. The third-order valence-corrected chi connectivity index (χ3v) is 5.61. The largest absolute Gasteiger partial charge is 0.457 e. The van der Waals surface area contributed by atoms with Gasteiger partial charge in [0.05, 0.1) is 11.7 Å². The van der Waals surface area contributed by atoms with E-state index in [1.807, 2.05) is 13.8 Å². The number of cyclic esters (lactones) is 1. The van der Waals surface area contributed by atoms with Gasteiger partial charge in [-0.25, -0.2) is 4.79 Å². The van der Waals surface area contributed by atoms with E-state index in [9.17, 15) is 14.7 Å². The minimum Gasteiger partial charge on any atom is -0.457 e. The van der Waals surface area contributed by atoms with Crippen LogP contribution in [0.1, 0.15) is 40.0 Å². The highest BCUT2D eigenvalue weighted by Crippen LogP contribution is 2.59. The standard InChI is InChI=1S/C15H20O4/c1-14(2)10-6-9(16)8-7-19-13(18)12(8)15(10,3)5-4-11(14)17/h10-11,17H,4-7H2,1-3H3. The van der Waals surface area contributed by atoms with Crippen LogP contribution in [0, 0.1) is 16.7 Å². The molecule has 3 aliphatic rings. The Morgan fingerprint density at radius 1 is 1.26 bits per heavy atom. The lowest BCUT2D eigenvalue weighted by atomic mass is 9.49. The Morgan fingerprint density at radius 2 is 1.95 bits per heavy atom. The van der Waals surface area contributed by atoms with Gasteiger partial charge >= 0.3 is 5.97 Å². The smallest absolute Gasteiger partial charge is 0.335 e. The lowest BCUT2D eigenvalue weighted by Crippen LogP contribution is -2.53. The molecular weight excluding hydrogens is 244 g/mol. The van der Waals surface area contributed by atoms with E-state index >= 15 is 0 Å². The number of ether oxygens (including phenoxy) is 1. The van der Waals surface area contributed by atoms with Crippen LogP contribution < -0.4 is 0 Å². The molecule has 19 heavy (non-hydrogen) atoms. The molecule has 0 aromatic carbocycles. The number of hydrogen-bond donors (Lipinski definition) is 1. The average molecular weight is 264 g/mol. The zero-order valence-corrected chi connectivity index (χ0v) is 11.7. The summed E-state index contributed by atoms with van der Waals surface area (Å²) in [5.41, 5.74) is 0.480. The van der Waals surface area contributed by atoms with Crippen LogP contribution in [-0.4, -0.2) is 29.6 Å². The maximum atomic E-state index is 12.2. The Labute approximate surface area is 112 Å². The van der Waals surface area contributed by atoms with Gasteiger partial charge in [0, 0.05) is 17.4 Å². The van der Waals surface area contributed by atoms with Crippen LogP contribution >= 0.6 is 0 Å². The molecule has 1 fully saturated rings. The lowest BCUT2D eigenvalue weighted by Gasteiger charge is -2.54. The van der Waals surface area contributed by atoms with Crippen molar-refractivity contribution < 1.29 is 19.4 Å². The van der Waals surface area contributed by atoms with Gasteiger partial charge in [-0.05, 0) is 24.2 Å². The third-order valence-electron chi connectivity index (χ3n) is 5.61. The van der Waals surface area contributed by atoms with Crippen molar-refractivity contribution in [1.29, 1.82) is 0 Å². The number of rotatable bonds is 0. The first-order chi connectivity index (χ1) is 8.78. The highest BCUT2D eigenvalue weighted by Gasteiger charge is 2.59. The van der Waals surface area contributed by atoms with Crippen LogP contribution in [0.15, 0.2) is 11.1 Å². The Morgan fingerprint density at radius 3 is 2.63 bits per heavy atom. The van der Waals surface area contributed by atoms with E-state index in [-0.39, 0.29) is 35.1 Å². The van der Waals surface area contributed by atoms with Gasteiger partial charge in [0.15, 0.2) is 5.78 Å². The zero-order chi connectivity index (χ0) is 14.0. The van der Waals surface area contributed by atoms with E-state index in [0.29, 0.717) is 24.0 Å². The van der Waals surface area contributed by atoms with Crippen LogP contribution in [0.25, 0.3) is 0 Å². The van der Waals surface area contributed by atoms with Gasteiger partial charge in [0.2, 0.25) is 0 Å². The highest BCUT2D eigenvalue weighted by molar-refractivity contribution is 6.09. The van der Waals surface area contributed by atoms with Gasteiger partial charge in [0.25, 0.3) is 0 Å². The Hall–Kier alpha value is -1.16. The summed E-state index contributed by atoms with van der Waals surface area (Å²) in [5.74, 6) is -0.311. The van der Waals surface area contributed by atoms with Crippen LogP contribution in [0.2, 0.25) is 0 Å². The molecule has 0 amide bonds. The van der Waals surface area contributed by atoms with Crippen LogP contribution in [0.3, 0.4) is 0 Å². The van der Waals surface area contributed by atoms with Crippen LogP contribution in [-0.2, 0) is 14.3 Å². The van der Waals surface area contributed by atoms with Crippen molar-refractivity contribution in [3.05, 3.63) is 11.1 Å². The summed E-state index contributed by atoms with van der Waals surface area (Å²) in [6.45, 7) is 6.19. The van der Waals surface area contributed by atoms with Gasteiger partial charge in [0.1, 0.15) is 6.61 Å². The molecule has 3 unspecified atom stereocenters. The molecule has 0 spiro atoms. The van der Waals surface area contributed by atoms with Crippen molar-refractivity contribution in [3.63, 3.8) is 0 Å². The Kier molecular flexibility index (Phi) is 2.50. The molecule has 2 aliphatic carbocycles. The maximum absolute atomic E-state index is 12.2. The van der Waals surface area contributed by atoms with E-state index in [1.165, 1.54) is 0 Å². The summed E-state index contributed by atoms with van der Waals surface area (Å²) >= 11 is 0. The van der Waals surface area contributed by atoms with E-state index in [2.05, 4.69) is 6.92 Å². The van der Waals surface area contributed by atoms with Crippen molar-refractivity contribution >= 4 is 11.8 Å². The summed E-state index contributed by atoms with van der Waals surface area (Å²) < 4.78 is 5.08.